The Balaban J connectivity index is 2.59. The maximum Gasteiger partial charge on any atom is 0.344 e. The number of ether oxygens (including phenoxy) is 3. The smallest absolute Gasteiger partial charge is 0.344 e. The van der Waals surface area contributed by atoms with Crippen LogP contribution >= 0.6 is 0 Å². The molecule has 0 fully saturated rings. The molecule has 0 saturated carbocycles. The van der Waals surface area contributed by atoms with E-state index in [1.165, 1.54) is 7.11 Å². The molecule has 0 aliphatic rings. The molecule has 0 amide bonds. The van der Waals surface area contributed by atoms with Crippen molar-refractivity contribution in [1.29, 1.82) is 0 Å². The molecule has 19 heavy (non-hydrogen) atoms. The van der Waals surface area contributed by atoms with Crippen LogP contribution in [0.1, 0.15) is 31.1 Å². The Morgan fingerprint density at radius 2 is 1.95 bits per heavy atom. The zero-order chi connectivity index (χ0) is 14.5. The van der Waals surface area contributed by atoms with Gasteiger partial charge in [-0.25, -0.2) is 4.79 Å². The third-order valence-electron chi connectivity index (χ3n) is 2.33. The maximum absolute atomic E-state index is 11.9. The number of anilines is 1. The van der Waals surface area contributed by atoms with E-state index in [2.05, 4.69) is 0 Å². The molecule has 0 heterocycles. The summed E-state index contributed by atoms with van der Waals surface area (Å²) in [5.41, 5.74) is 6.09. The lowest BCUT2D eigenvalue weighted by Gasteiger charge is -2.19. The average molecular weight is 267 g/mol. The first-order valence-electron chi connectivity index (χ1n) is 6.08. The lowest BCUT2D eigenvalue weighted by Crippen LogP contribution is -2.23. The zero-order valence-electron chi connectivity index (χ0n) is 11.9. The molecule has 0 atom stereocenters. The van der Waals surface area contributed by atoms with Gasteiger partial charge in [0, 0.05) is 5.69 Å². The highest BCUT2D eigenvalue weighted by molar-refractivity contribution is 5.98. The van der Waals surface area contributed by atoms with E-state index >= 15 is 0 Å². The summed E-state index contributed by atoms with van der Waals surface area (Å²) in [6.07, 6.45) is 0. The number of nitrogen functional groups attached to an aromatic ring is 1. The van der Waals surface area contributed by atoms with Crippen molar-refractivity contribution in [2.75, 3.05) is 26.1 Å². The monoisotopic (exact) mass is 267 g/mol. The van der Waals surface area contributed by atoms with Gasteiger partial charge in [-0.1, -0.05) is 6.07 Å². The van der Waals surface area contributed by atoms with E-state index in [-0.39, 0.29) is 17.8 Å². The molecule has 106 valence electrons. The van der Waals surface area contributed by atoms with Crippen LogP contribution in [0.25, 0.3) is 0 Å². The van der Waals surface area contributed by atoms with Crippen molar-refractivity contribution in [3.63, 3.8) is 0 Å². The van der Waals surface area contributed by atoms with E-state index in [1.807, 2.05) is 20.8 Å². The molecule has 0 aliphatic heterocycles. The number of hydrogen-bond acceptors (Lipinski definition) is 5. The van der Waals surface area contributed by atoms with Crippen molar-refractivity contribution in [1.82, 2.24) is 0 Å². The van der Waals surface area contributed by atoms with Crippen LogP contribution in [-0.2, 0) is 9.47 Å². The minimum absolute atomic E-state index is 0.174. The molecule has 2 N–H and O–H groups in total. The fraction of sp³-hybridized carbons (Fsp3) is 0.500. The molecule has 0 spiro atoms. The van der Waals surface area contributed by atoms with Crippen LogP contribution in [-0.4, -0.2) is 31.9 Å². The molecule has 0 saturated heterocycles. The molecule has 0 aromatic heterocycles. The van der Waals surface area contributed by atoms with Gasteiger partial charge >= 0.3 is 5.97 Å². The topological polar surface area (TPSA) is 70.8 Å². The summed E-state index contributed by atoms with van der Waals surface area (Å²) in [4.78, 5) is 11.9. The third kappa shape index (κ3) is 4.79. The van der Waals surface area contributed by atoms with Crippen LogP contribution in [0, 0.1) is 0 Å². The van der Waals surface area contributed by atoms with Crippen LogP contribution < -0.4 is 10.5 Å². The summed E-state index contributed by atoms with van der Waals surface area (Å²) in [5.74, 6) is -0.103. The lowest BCUT2D eigenvalue weighted by atomic mass is 10.1. The Hall–Kier alpha value is -1.75. The molecule has 5 nitrogen and oxygen atoms in total. The van der Waals surface area contributed by atoms with Gasteiger partial charge in [0.15, 0.2) is 0 Å². The summed E-state index contributed by atoms with van der Waals surface area (Å²) in [7, 11) is 1.48. The van der Waals surface area contributed by atoms with Crippen molar-refractivity contribution in [3.05, 3.63) is 23.8 Å². The molecule has 1 aromatic carbocycles. The Morgan fingerprint density at radius 1 is 1.26 bits per heavy atom. The normalized spacial score (nSPS) is 11.2. The molecular formula is C14H21NO4. The second kappa shape index (κ2) is 6.43. The van der Waals surface area contributed by atoms with Crippen molar-refractivity contribution in [2.45, 2.75) is 26.4 Å². The SMILES string of the molecule is COc1cccc(N)c1C(=O)OCCOC(C)(C)C. The van der Waals surface area contributed by atoms with Gasteiger partial charge < -0.3 is 19.9 Å². The first-order chi connectivity index (χ1) is 8.85. The highest BCUT2D eigenvalue weighted by Crippen LogP contribution is 2.24. The van der Waals surface area contributed by atoms with E-state index in [4.69, 9.17) is 19.9 Å². The summed E-state index contributed by atoms with van der Waals surface area (Å²) in [6, 6.07) is 5.01. The second-order valence-electron chi connectivity index (χ2n) is 5.02. The quantitative estimate of drug-likeness (QED) is 0.503. The first kappa shape index (κ1) is 15.3. The van der Waals surface area contributed by atoms with E-state index in [0.717, 1.165) is 0 Å². The molecule has 0 unspecified atom stereocenters. The highest BCUT2D eigenvalue weighted by Gasteiger charge is 2.17. The summed E-state index contributed by atoms with van der Waals surface area (Å²) in [6.45, 7) is 6.32. The van der Waals surface area contributed by atoms with Crippen LogP contribution in [0.5, 0.6) is 5.75 Å². The molecule has 1 aromatic rings. The number of esters is 1. The van der Waals surface area contributed by atoms with Crippen molar-refractivity contribution < 1.29 is 19.0 Å². The van der Waals surface area contributed by atoms with E-state index in [9.17, 15) is 4.79 Å². The Morgan fingerprint density at radius 3 is 2.53 bits per heavy atom. The molecule has 5 heteroatoms. The van der Waals surface area contributed by atoms with Gasteiger partial charge in [0.25, 0.3) is 0 Å². The van der Waals surface area contributed by atoms with E-state index in [0.29, 0.717) is 18.0 Å². The van der Waals surface area contributed by atoms with Crippen LogP contribution in [0.15, 0.2) is 18.2 Å². The summed E-state index contributed by atoms with van der Waals surface area (Å²) in [5, 5.41) is 0. The first-order valence-corrected chi connectivity index (χ1v) is 6.08. The number of carbonyl (C=O) groups excluding carboxylic acids is 1. The maximum atomic E-state index is 11.9. The van der Waals surface area contributed by atoms with Gasteiger partial charge in [0.1, 0.15) is 17.9 Å². The van der Waals surface area contributed by atoms with Gasteiger partial charge in [0.05, 0.1) is 19.3 Å². The van der Waals surface area contributed by atoms with Gasteiger partial charge in [-0.3, -0.25) is 0 Å². The number of nitrogens with two attached hydrogens (primary N) is 1. The fourth-order valence-corrected chi connectivity index (χ4v) is 1.49. The molecule has 0 bridgehead atoms. The highest BCUT2D eigenvalue weighted by atomic mass is 16.6. The minimum Gasteiger partial charge on any atom is -0.496 e. The van der Waals surface area contributed by atoms with Crippen molar-refractivity contribution in [3.8, 4) is 5.75 Å². The number of rotatable bonds is 5. The number of carbonyl (C=O) groups is 1. The predicted octanol–water partition coefficient (Wildman–Crippen LogP) is 2.25. The zero-order valence-corrected chi connectivity index (χ0v) is 11.9. The van der Waals surface area contributed by atoms with E-state index < -0.39 is 5.97 Å². The second-order valence-corrected chi connectivity index (χ2v) is 5.02. The number of benzene rings is 1. The minimum atomic E-state index is -0.507. The Kier molecular flexibility index (Phi) is 5.18. The number of hydrogen-bond donors (Lipinski definition) is 1. The summed E-state index contributed by atoms with van der Waals surface area (Å²) < 4.78 is 15.7. The molecule has 0 radical (unpaired) electrons. The summed E-state index contributed by atoms with van der Waals surface area (Å²) >= 11 is 0. The predicted molar refractivity (Wildman–Crippen MR) is 73.4 cm³/mol. The lowest BCUT2D eigenvalue weighted by molar-refractivity contribution is -0.0282. The molecular weight excluding hydrogens is 246 g/mol. The average Bonchev–Trinajstić information content (AvgIpc) is 2.32. The van der Waals surface area contributed by atoms with Gasteiger partial charge in [0.2, 0.25) is 0 Å². The Labute approximate surface area is 113 Å². The standard InChI is InChI=1S/C14H21NO4/c1-14(2,3)19-9-8-18-13(16)12-10(15)6-5-7-11(12)17-4/h5-7H,8-9,15H2,1-4H3. The fourth-order valence-electron chi connectivity index (χ4n) is 1.49. The van der Waals surface area contributed by atoms with E-state index in [1.54, 1.807) is 18.2 Å². The number of methoxy groups -OCH3 is 1. The largest absolute Gasteiger partial charge is 0.496 e. The van der Waals surface area contributed by atoms with Gasteiger partial charge in [-0.05, 0) is 32.9 Å². The van der Waals surface area contributed by atoms with Crippen LogP contribution in [0.3, 0.4) is 0 Å². The third-order valence-corrected chi connectivity index (χ3v) is 2.33. The molecule has 1 rings (SSSR count). The van der Waals surface area contributed by atoms with Crippen molar-refractivity contribution in [2.24, 2.45) is 0 Å². The Bertz CT molecular complexity index is 438. The van der Waals surface area contributed by atoms with Crippen LogP contribution in [0.4, 0.5) is 5.69 Å². The molecule has 0 aliphatic carbocycles. The van der Waals surface area contributed by atoms with Crippen molar-refractivity contribution >= 4 is 11.7 Å². The van der Waals surface area contributed by atoms with Crippen LogP contribution in [0.2, 0.25) is 0 Å². The van der Waals surface area contributed by atoms with Gasteiger partial charge in [-0.2, -0.15) is 0 Å². The van der Waals surface area contributed by atoms with Gasteiger partial charge in [-0.15, -0.1) is 0 Å².